The quantitative estimate of drug-likeness (QED) is 0.338. The predicted molar refractivity (Wildman–Crippen MR) is 144 cm³/mol. The lowest BCUT2D eigenvalue weighted by Gasteiger charge is -2.27. The summed E-state index contributed by atoms with van der Waals surface area (Å²) < 4.78 is 32.0. The van der Waals surface area contributed by atoms with Crippen molar-refractivity contribution in [2.75, 3.05) is 11.9 Å². The van der Waals surface area contributed by atoms with E-state index in [0.717, 1.165) is 30.5 Å². The van der Waals surface area contributed by atoms with Crippen LogP contribution in [0, 0.1) is 11.6 Å². The van der Waals surface area contributed by atoms with Crippen molar-refractivity contribution >= 4 is 23.1 Å². The molecule has 1 fully saturated rings. The minimum absolute atomic E-state index is 0.00172. The molecule has 39 heavy (non-hydrogen) atoms. The fourth-order valence-electron chi connectivity index (χ4n) is 5.68. The summed E-state index contributed by atoms with van der Waals surface area (Å²) in [4.78, 5) is 22.3. The molecule has 3 N–H and O–H groups in total. The zero-order valence-corrected chi connectivity index (χ0v) is 21.6. The number of hydrogen-bond donors (Lipinski definition) is 2. The Balaban J connectivity index is 1.31. The molecule has 0 radical (unpaired) electrons. The summed E-state index contributed by atoms with van der Waals surface area (Å²) in [6.45, 7) is 2.87. The van der Waals surface area contributed by atoms with Gasteiger partial charge in [0, 0.05) is 31.7 Å². The molecule has 0 bridgehead atoms. The number of nitrogens with zero attached hydrogens (tertiary/aromatic N) is 5. The molecule has 0 unspecified atom stereocenters. The van der Waals surface area contributed by atoms with E-state index in [1.165, 1.54) is 22.2 Å². The number of carbonyl (C=O) groups excluding carboxylic acids is 1. The van der Waals surface area contributed by atoms with Gasteiger partial charge in [0.25, 0.3) is 0 Å². The van der Waals surface area contributed by atoms with Crippen LogP contribution in [-0.2, 0) is 11.3 Å². The summed E-state index contributed by atoms with van der Waals surface area (Å²) in [5, 5.41) is 7.86. The highest BCUT2D eigenvalue weighted by molar-refractivity contribution is 5.78. The van der Waals surface area contributed by atoms with E-state index >= 15 is 8.78 Å². The van der Waals surface area contributed by atoms with Crippen molar-refractivity contribution in [3.05, 3.63) is 83.3 Å². The number of allylic oxidation sites excluding steroid dienone is 1. The number of hydrogen-bond acceptors (Lipinski definition) is 6. The lowest BCUT2D eigenvalue weighted by Crippen LogP contribution is -2.25. The Kier molecular flexibility index (Phi) is 6.56. The first-order valence-corrected chi connectivity index (χ1v) is 13.1. The van der Waals surface area contributed by atoms with Crippen LogP contribution in [-0.4, -0.2) is 43.0 Å². The number of likely N-dealkylation sites (tertiary alicyclic amines) is 1. The minimum atomic E-state index is -0.732. The number of nitrogens with one attached hydrogen (secondary N) is 1. The maximum Gasteiger partial charge on any atom is 0.229 e. The van der Waals surface area contributed by atoms with Crippen LogP contribution >= 0.6 is 0 Å². The van der Waals surface area contributed by atoms with Crippen LogP contribution in [0.25, 0.3) is 16.8 Å². The van der Waals surface area contributed by atoms with E-state index in [1.54, 1.807) is 35.6 Å². The molecule has 0 saturated carbocycles. The molecule has 2 aliphatic rings. The van der Waals surface area contributed by atoms with Crippen molar-refractivity contribution in [2.45, 2.75) is 51.1 Å². The third kappa shape index (κ3) is 4.99. The van der Waals surface area contributed by atoms with Crippen molar-refractivity contribution in [1.29, 1.82) is 0 Å². The van der Waals surface area contributed by atoms with Gasteiger partial charge in [0.1, 0.15) is 11.6 Å². The third-order valence-corrected chi connectivity index (χ3v) is 7.45. The highest BCUT2D eigenvalue weighted by atomic mass is 19.1. The van der Waals surface area contributed by atoms with Crippen LogP contribution in [0.3, 0.4) is 0 Å². The second kappa shape index (κ2) is 10.2. The van der Waals surface area contributed by atoms with E-state index in [4.69, 9.17) is 5.73 Å². The summed E-state index contributed by atoms with van der Waals surface area (Å²) in [6, 6.07) is 7.81. The summed E-state index contributed by atoms with van der Waals surface area (Å²) in [5.41, 5.74) is 10.3. The lowest BCUT2D eigenvalue weighted by molar-refractivity contribution is -0.128. The molecule has 3 aromatic heterocycles. The summed E-state index contributed by atoms with van der Waals surface area (Å²) in [7, 11) is 0. The van der Waals surface area contributed by atoms with Crippen molar-refractivity contribution < 1.29 is 13.6 Å². The van der Waals surface area contributed by atoms with Crippen LogP contribution in [0.4, 0.5) is 20.4 Å². The van der Waals surface area contributed by atoms with Crippen molar-refractivity contribution in [1.82, 2.24) is 24.5 Å². The fraction of sp³-hybridized carbons (Fsp3) is 0.310. The molecule has 200 valence electrons. The van der Waals surface area contributed by atoms with Crippen LogP contribution in [0.5, 0.6) is 0 Å². The maximum absolute atomic E-state index is 15.2. The van der Waals surface area contributed by atoms with Gasteiger partial charge in [-0.3, -0.25) is 9.78 Å². The molecule has 1 aromatic carbocycles. The number of aromatic nitrogens is 4. The van der Waals surface area contributed by atoms with Crippen molar-refractivity contribution in [3.8, 4) is 11.3 Å². The molecule has 1 saturated heterocycles. The molecule has 2 atom stereocenters. The van der Waals surface area contributed by atoms with E-state index in [1.807, 2.05) is 6.07 Å². The second-order valence-corrected chi connectivity index (χ2v) is 10.4. The van der Waals surface area contributed by atoms with Gasteiger partial charge in [-0.25, -0.2) is 13.8 Å². The Hall–Kier alpha value is -4.18. The Morgan fingerprint density at radius 3 is 2.72 bits per heavy atom. The SMILES string of the molecule is CC1=C[C@H](N)C[C@H](c2ccncc2Nc2ncc3ccc(-c4c(F)cc(CN5CCCC5=O)cc4F)nn23)C1. The lowest BCUT2D eigenvalue weighted by atomic mass is 9.82. The largest absolute Gasteiger partial charge is 0.338 e. The number of imidazole rings is 1. The van der Waals surface area contributed by atoms with E-state index in [0.29, 0.717) is 30.0 Å². The van der Waals surface area contributed by atoms with Gasteiger partial charge in [-0.2, -0.15) is 9.61 Å². The number of pyridine rings is 1. The second-order valence-electron chi connectivity index (χ2n) is 10.4. The van der Waals surface area contributed by atoms with E-state index in [2.05, 4.69) is 33.4 Å². The minimum Gasteiger partial charge on any atom is -0.338 e. The molecule has 4 aromatic rings. The standard InChI is InChI=1S/C29H29F2N7O/c1-17-9-19(13-20(32)10-17)22-6-7-33-15-26(22)35-29-34-14-21-4-5-25(36-38(21)29)28-23(30)11-18(12-24(28)31)16-37-8-2-3-27(37)39/h4-7,10-12,14-15,19-20H,2-3,8-9,13,16,32H2,1H3,(H,34,35)/t19-,20+/m1/s1. The number of amides is 1. The Morgan fingerprint density at radius 1 is 1.15 bits per heavy atom. The molecule has 10 heteroatoms. The first-order chi connectivity index (χ1) is 18.9. The molecule has 0 spiro atoms. The van der Waals surface area contributed by atoms with Gasteiger partial charge in [0.05, 0.1) is 34.9 Å². The van der Waals surface area contributed by atoms with E-state index < -0.39 is 11.6 Å². The van der Waals surface area contributed by atoms with Gasteiger partial charge in [0.2, 0.25) is 11.9 Å². The van der Waals surface area contributed by atoms with Gasteiger partial charge < -0.3 is 16.0 Å². The number of carbonyl (C=O) groups is 1. The summed E-state index contributed by atoms with van der Waals surface area (Å²) >= 11 is 0. The molecule has 1 aliphatic carbocycles. The third-order valence-electron chi connectivity index (χ3n) is 7.45. The van der Waals surface area contributed by atoms with Gasteiger partial charge in [0.15, 0.2) is 0 Å². The van der Waals surface area contributed by atoms with E-state index in [-0.39, 0.29) is 35.7 Å². The zero-order chi connectivity index (χ0) is 27.1. The number of rotatable bonds is 6. The molecule has 6 rings (SSSR count). The Labute approximate surface area is 224 Å². The number of benzene rings is 1. The molecule has 1 aliphatic heterocycles. The van der Waals surface area contributed by atoms with Gasteiger partial charge in [-0.1, -0.05) is 11.6 Å². The molecule has 4 heterocycles. The highest BCUT2D eigenvalue weighted by Crippen LogP contribution is 2.37. The van der Waals surface area contributed by atoms with Crippen molar-refractivity contribution in [3.63, 3.8) is 0 Å². The van der Waals surface area contributed by atoms with E-state index in [9.17, 15) is 4.79 Å². The van der Waals surface area contributed by atoms with Crippen LogP contribution < -0.4 is 11.1 Å². The number of fused-ring (bicyclic) bond motifs is 1. The van der Waals surface area contributed by atoms with Gasteiger partial charge in [-0.15, -0.1) is 0 Å². The first kappa shape index (κ1) is 25.1. The highest BCUT2D eigenvalue weighted by Gasteiger charge is 2.24. The first-order valence-electron chi connectivity index (χ1n) is 13.1. The van der Waals surface area contributed by atoms with Crippen LogP contribution in [0.2, 0.25) is 0 Å². The van der Waals surface area contributed by atoms with Gasteiger partial charge >= 0.3 is 0 Å². The smallest absolute Gasteiger partial charge is 0.229 e. The topological polar surface area (TPSA) is 101 Å². The summed E-state index contributed by atoms with van der Waals surface area (Å²) in [5.74, 6) is -0.836. The molecular weight excluding hydrogens is 500 g/mol. The zero-order valence-electron chi connectivity index (χ0n) is 21.6. The maximum atomic E-state index is 15.2. The van der Waals surface area contributed by atoms with Crippen LogP contribution in [0.15, 0.2) is 60.6 Å². The van der Waals surface area contributed by atoms with Crippen LogP contribution in [0.1, 0.15) is 49.7 Å². The molecular formula is C29H29F2N7O. The average Bonchev–Trinajstić information content (AvgIpc) is 3.49. The normalized spacial score (nSPS) is 19.5. The number of halogens is 2. The Bertz CT molecular complexity index is 1570. The van der Waals surface area contributed by atoms with Gasteiger partial charge in [-0.05, 0) is 73.6 Å². The molecule has 8 nitrogen and oxygen atoms in total. The molecule has 1 amide bonds. The fourth-order valence-corrected chi connectivity index (χ4v) is 5.68. The predicted octanol–water partition coefficient (Wildman–Crippen LogP) is 5.09. The van der Waals surface area contributed by atoms with Crippen molar-refractivity contribution in [2.24, 2.45) is 5.73 Å². The Morgan fingerprint density at radius 2 is 1.97 bits per heavy atom. The summed E-state index contributed by atoms with van der Waals surface area (Å²) in [6.07, 6.45) is 10.2. The monoisotopic (exact) mass is 529 g/mol. The number of nitrogens with two attached hydrogens (primary N) is 1. The average molecular weight is 530 g/mol. The number of anilines is 2.